The SMILES string of the molecule is CCCN(C(=O)C(CCC(N)=O)NC(=O)OC(C)(C)C)C(C(=O)Nc1ccc2ccccc2c1)c1cccc(C)c1O. The van der Waals surface area contributed by atoms with Gasteiger partial charge in [-0.05, 0) is 69.0 Å². The number of hydrogen-bond donors (Lipinski definition) is 4. The van der Waals surface area contributed by atoms with Gasteiger partial charge in [0.2, 0.25) is 11.8 Å². The highest BCUT2D eigenvalue weighted by Crippen LogP contribution is 2.33. The Morgan fingerprint density at radius 1 is 1.00 bits per heavy atom. The molecule has 2 unspecified atom stereocenters. The number of hydrogen-bond acceptors (Lipinski definition) is 6. The number of amides is 4. The van der Waals surface area contributed by atoms with Crippen molar-refractivity contribution in [1.82, 2.24) is 10.2 Å². The Labute approximate surface area is 246 Å². The molecule has 0 heterocycles. The van der Waals surface area contributed by atoms with Gasteiger partial charge < -0.3 is 31.1 Å². The minimum absolute atomic E-state index is 0.105. The van der Waals surface area contributed by atoms with Gasteiger partial charge in [-0.25, -0.2) is 4.79 Å². The number of aryl methyl sites for hydroxylation is 1. The van der Waals surface area contributed by atoms with Crippen molar-refractivity contribution >= 4 is 40.3 Å². The Morgan fingerprint density at radius 3 is 2.33 bits per heavy atom. The molecular weight excluding hydrogens is 536 g/mol. The number of rotatable bonds is 11. The van der Waals surface area contributed by atoms with Gasteiger partial charge in [0.1, 0.15) is 23.4 Å². The molecule has 0 bridgehead atoms. The van der Waals surface area contributed by atoms with E-state index in [2.05, 4.69) is 10.6 Å². The smallest absolute Gasteiger partial charge is 0.408 e. The number of phenolic OH excluding ortho intramolecular Hbond substituents is 1. The summed E-state index contributed by atoms with van der Waals surface area (Å²) in [5.74, 6) is -1.95. The number of para-hydroxylation sites is 1. The second kappa shape index (κ2) is 13.8. The van der Waals surface area contributed by atoms with Crippen LogP contribution in [0, 0.1) is 6.92 Å². The van der Waals surface area contributed by atoms with E-state index in [1.54, 1.807) is 52.0 Å². The summed E-state index contributed by atoms with van der Waals surface area (Å²) in [6.07, 6.45) is -0.674. The number of benzene rings is 3. The maximum Gasteiger partial charge on any atom is 0.408 e. The summed E-state index contributed by atoms with van der Waals surface area (Å²) in [6, 6.07) is 15.7. The van der Waals surface area contributed by atoms with Crippen LogP contribution in [0.5, 0.6) is 5.75 Å². The highest BCUT2D eigenvalue weighted by molar-refractivity contribution is 6.01. The Hall–Kier alpha value is -4.60. The lowest BCUT2D eigenvalue weighted by molar-refractivity contribution is -0.141. The number of nitrogens with two attached hydrogens (primary N) is 1. The second-order valence-electron chi connectivity index (χ2n) is 11.2. The Kier molecular flexibility index (Phi) is 10.5. The van der Waals surface area contributed by atoms with Crippen molar-refractivity contribution in [2.75, 3.05) is 11.9 Å². The maximum atomic E-state index is 14.1. The molecule has 42 heavy (non-hydrogen) atoms. The van der Waals surface area contributed by atoms with Crippen molar-refractivity contribution in [2.24, 2.45) is 5.73 Å². The molecular formula is C32H40N4O6. The number of aromatic hydroxyl groups is 1. The van der Waals surface area contributed by atoms with Crippen molar-refractivity contribution in [3.05, 3.63) is 71.8 Å². The first-order valence-corrected chi connectivity index (χ1v) is 14.0. The molecule has 3 aromatic rings. The van der Waals surface area contributed by atoms with Gasteiger partial charge in [0, 0.05) is 24.2 Å². The summed E-state index contributed by atoms with van der Waals surface area (Å²) in [6.45, 7) is 8.71. The molecule has 10 nitrogen and oxygen atoms in total. The van der Waals surface area contributed by atoms with Crippen LogP contribution in [-0.2, 0) is 19.1 Å². The number of primary amides is 1. The average molecular weight is 577 g/mol. The number of alkyl carbamates (subject to hydrolysis) is 1. The third kappa shape index (κ3) is 8.45. The molecule has 3 aromatic carbocycles. The standard InChI is InChI=1S/C32H40N4O6/c1-6-18-36(30(40)25(16-17-26(33)37)35-31(41)42-32(3,4)5)27(24-13-9-10-20(2)28(24)38)29(39)34-23-15-14-21-11-7-8-12-22(21)19-23/h7-15,19,25,27,38H,6,16-18H2,1-5H3,(H2,33,37)(H,34,39)(H,35,41). The lowest BCUT2D eigenvalue weighted by Gasteiger charge is -2.34. The van der Waals surface area contributed by atoms with Gasteiger partial charge in [-0.1, -0.05) is 55.5 Å². The molecule has 0 radical (unpaired) electrons. The van der Waals surface area contributed by atoms with Crippen LogP contribution in [0.15, 0.2) is 60.7 Å². The second-order valence-corrected chi connectivity index (χ2v) is 11.2. The number of phenols is 1. The van der Waals surface area contributed by atoms with Gasteiger partial charge in [0.15, 0.2) is 0 Å². The maximum absolute atomic E-state index is 14.1. The summed E-state index contributed by atoms with van der Waals surface area (Å²) in [4.78, 5) is 53.8. The van der Waals surface area contributed by atoms with E-state index in [-0.39, 0.29) is 30.7 Å². The van der Waals surface area contributed by atoms with Gasteiger partial charge in [-0.15, -0.1) is 0 Å². The normalized spacial score (nSPS) is 12.7. The largest absolute Gasteiger partial charge is 0.507 e. The molecule has 0 saturated carbocycles. The zero-order valence-electron chi connectivity index (χ0n) is 24.8. The van der Waals surface area contributed by atoms with E-state index >= 15 is 0 Å². The van der Waals surface area contributed by atoms with Gasteiger partial charge in [-0.3, -0.25) is 14.4 Å². The van der Waals surface area contributed by atoms with E-state index in [0.717, 1.165) is 10.8 Å². The number of carbonyl (C=O) groups is 4. The first-order valence-electron chi connectivity index (χ1n) is 14.0. The zero-order chi connectivity index (χ0) is 31.0. The summed E-state index contributed by atoms with van der Waals surface area (Å²) < 4.78 is 5.35. The monoisotopic (exact) mass is 576 g/mol. The predicted octanol–water partition coefficient (Wildman–Crippen LogP) is 4.93. The highest BCUT2D eigenvalue weighted by atomic mass is 16.6. The molecule has 0 aliphatic carbocycles. The number of nitrogens with zero attached hydrogens (tertiary/aromatic N) is 1. The molecule has 3 rings (SSSR count). The number of ether oxygens (including phenoxy) is 1. The molecule has 0 fully saturated rings. The van der Waals surface area contributed by atoms with Crippen molar-refractivity contribution in [3.63, 3.8) is 0 Å². The number of anilines is 1. The molecule has 5 N–H and O–H groups in total. The third-order valence-corrected chi connectivity index (χ3v) is 6.56. The van der Waals surface area contributed by atoms with E-state index in [1.165, 1.54) is 4.90 Å². The van der Waals surface area contributed by atoms with Crippen LogP contribution < -0.4 is 16.4 Å². The minimum Gasteiger partial charge on any atom is -0.507 e. The quantitative estimate of drug-likeness (QED) is 0.254. The van der Waals surface area contributed by atoms with Crippen LogP contribution in [0.25, 0.3) is 10.8 Å². The Bertz CT molecular complexity index is 1450. The van der Waals surface area contributed by atoms with Gasteiger partial charge in [0.05, 0.1) is 0 Å². The zero-order valence-corrected chi connectivity index (χ0v) is 24.8. The van der Waals surface area contributed by atoms with Gasteiger partial charge >= 0.3 is 6.09 Å². The van der Waals surface area contributed by atoms with E-state index in [0.29, 0.717) is 17.7 Å². The van der Waals surface area contributed by atoms with Crippen molar-refractivity contribution < 1.29 is 29.0 Å². The Morgan fingerprint density at radius 2 is 1.69 bits per heavy atom. The predicted molar refractivity (Wildman–Crippen MR) is 162 cm³/mol. The number of carbonyl (C=O) groups excluding carboxylic acids is 4. The topological polar surface area (TPSA) is 151 Å². The Balaban J connectivity index is 2.05. The molecule has 0 spiro atoms. The summed E-state index contributed by atoms with van der Waals surface area (Å²) in [5, 5.41) is 18.4. The van der Waals surface area contributed by atoms with E-state index in [1.807, 2.05) is 43.3 Å². The fourth-order valence-corrected chi connectivity index (χ4v) is 4.63. The fraction of sp³-hybridized carbons (Fsp3) is 0.375. The van der Waals surface area contributed by atoms with Crippen LogP contribution in [0.1, 0.15) is 64.1 Å². The van der Waals surface area contributed by atoms with Crippen LogP contribution in [0.3, 0.4) is 0 Å². The lowest BCUT2D eigenvalue weighted by Crippen LogP contribution is -2.52. The molecule has 0 aromatic heterocycles. The summed E-state index contributed by atoms with van der Waals surface area (Å²) in [5.41, 5.74) is 5.79. The van der Waals surface area contributed by atoms with Crippen molar-refractivity contribution in [3.8, 4) is 5.75 Å². The van der Waals surface area contributed by atoms with Crippen LogP contribution in [0.4, 0.5) is 10.5 Å². The molecule has 4 amide bonds. The molecule has 0 aliphatic heterocycles. The molecule has 2 atom stereocenters. The first-order chi connectivity index (χ1) is 19.8. The van der Waals surface area contributed by atoms with E-state index < -0.39 is 41.5 Å². The number of fused-ring (bicyclic) bond motifs is 1. The molecule has 224 valence electrons. The van der Waals surface area contributed by atoms with Crippen LogP contribution in [0.2, 0.25) is 0 Å². The van der Waals surface area contributed by atoms with E-state index in [9.17, 15) is 24.3 Å². The van der Waals surface area contributed by atoms with Gasteiger partial charge in [0.25, 0.3) is 5.91 Å². The molecule has 10 heteroatoms. The number of nitrogens with one attached hydrogen (secondary N) is 2. The molecule has 0 aliphatic rings. The lowest BCUT2D eigenvalue weighted by atomic mass is 9.98. The highest BCUT2D eigenvalue weighted by Gasteiger charge is 2.37. The summed E-state index contributed by atoms with van der Waals surface area (Å²) >= 11 is 0. The van der Waals surface area contributed by atoms with E-state index in [4.69, 9.17) is 10.5 Å². The minimum atomic E-state index is -1.26. The molecule has 0 saturated heterocycles. The van der Waals surface area contributed by atoms with Crippen molar-refractivity contribution in [2.45, 2.75) is 71.6 Å². The van der Waals surface area contributed by atoms with Crippen molar-refractivity contribution in [1.29, 1.82) is 0 Å². The summed E-state index contributed by atoms with van der Waals surface area (Å²) in [7, 11) is 0. The third-order valence-electron chi connectivity index (χ3n) is 6.56. The van der Waals surface area contributed by atoms with Gasteiger partial charge in [-0.2, -0.15) is 0 Å². The first kappa shape index (κ1) is 31.9. The fourth-order valence-electron chi connectivity index (χ4n) is 4.63. The average Bonchev–Trinajstić information content (AvgIpc) is 2.91. The van der Waals surface area contributed by atoms with Crippen LogP contribution in [-0.4, -0.2) is 52.0 Å². The van der Waals surface area contributed by atoms with Crippen LogP contribution >= 0.6 is 0 Å².